The summed E-state index contributed by atoms with van der Waals surface area (Å²) in [7, 11) is 0. The van der Waals surface area contributed by atoms with Gasteiger partial charge in [-0.1, -0.05) is 12.8 Å². The lowest BCUT2D eigenvalue weighted by Crippen LogP contribution is -2.48. The largest absolute Gasteiger partial charge is 0.387 e. The van der Waals surface area contributed by atoms with Crippen LogP contribution in [-0.4, -0.2) is 53.5 Å². The Bertz CT molecular complexity index is 240. The van der Waals surface area contributed by atoms with E-state index in [2.05, 4.69) is 12.6 Å². The predicted molar refractivity (Wildman–Crippen MR) is 63.8 cm³/mol. The van der Waals surface area contributed by atoms with Gasteiger partial charge in [0, 0.05) is 6.61 Å². The molecule has 0 aromatic carbocycles. The van der Waals surface area contributed by atoms with Crippen molar-refractivity contribution in [2.75, 3.05) is 12.4 Å². The van der Waals surface area contributed by atoms with Gasteiger partial charge in [-0.25, -0.2) is 0 Å². The van der Waals surface area contributed by atoms with Crippen LogP contribution in [0.5, 0.6) is 0 Å². The molecule has 2 saturated heterocycles. The fraction of sp³-hybridized carbons (Fsp3) is 1.00. The Kier molecular flexibility index (Phi) is 5.08. The van der Waals surface area contributed by atoms with Gasteiger partial charge in [0.25, 0.3) is 0 Å². The monoisotopic (exact) mass is 264 g/mol. The summed E-state index contributed by atoms with van der Waals surface area (Å²) in [5.41, 5.74) is 0. The van der Waals surface area contributed by atoms with E-state index in [1.807, 2.05) is 0 Å². The van der Waals surface area contributed by atoms with Gasteiger partial charge in [0.1, 0.15) is 18.3 Å². The number of ether oxygens (including phenoxy) is 3. The summed E-state index contributed by atoms with van der Waals surface area (Å²) in [5.74, 6) is 0.915. The van der Waals surface area contributed by atoms with Crippen LogP contribution in [0.15, 0.2) is 0 Å². The summed E-state index contributed by atoms with van der Waals surface area (Å²) in [5, 5.41) is 19.3. The van der Waals surface area contributed by atoms with Crippen molar-refractivity contribution in [3.8, 4) is 0 Å². The van der Waals surface area contributed by atoms with Crippen molar-refractivity contribution in [3.05, 3.63) is 0 Å². The van der Waals surface area contributed by atoms with Crippen LogP contribution in [0.25, 0.3) is 0 Å². The van der Waals surface area contributed by atoms with Crippen LogP contribution in [0.1, 0.15) is 25.7 Å². The van der Waals surface area contributed by atoms with E-state index >= 15 is 0 Å². The van der Waals surface area contributed by atoms with E-state index < -0.39 is 24.8 Å². The van der Waals surface area contributed by atoms with Gasteiger partial charge in [0.2, 0.25) is 0 Å². The van der Waals surface area contributed by atoms with Gasteiger partial charge in [0.15, 0.2) is 12.6 Å². The third-order valence-corrected chi connectivity index (χ3v) is 3.37. The summed E-state index contributed by atoms with van der Waals surface area (Å²) >= 11 is 4.14. The summed E-state index contributed by atoms with van der Waals surface area (Å²) in [4.78, 5) is 0. The molecule has 0 bridgehead atoms. The SMILES string of the molecule is OC1C(O)[C@H]2OC2O[C@H]1OCCCCCCS. The molecule has 5 atom stereocenters. The maximum absolute atomic E-state index is 9.69. The van der Waals surface area contributed by atoms with Crippen molar-refractivity contribution in [3.63, 3.8) is 0 Å². The van der Waals surface area contributed by atoms with Gasteiger partial charge in [-0.2, -0.15) is 12.6 Å². The van der Waals surface area contributed by atoms with Crippen molar-refractivity contribution < 1.29 is 24.4 Å². The highest BCUT2D eigenvalue weighted by atomic mass is 32.1. The van der Waals surface area contributed by atoms with Gasteiger partial charge >= 0.3 is 0 Å². The number of unbranched alkanes of at least 4 members (excludes halogenated alkanes) is 3. The standard InChI is InChI=1S/C11H20O5S/c12-7-8(13)10(16-11-9(7)15-11)14-5-3-1-2-4-6-17/h7-13,17H,1-6H2/t7?,8?,9-,10-,11?/m1/s1. The van der Waals surface area contributed by atoms with E-state index in [1.165, 1.54) is 0 Å². The van der Waals surface area contributed by atoms with Crippen molar-refractivity contribution in [1.82, 2.24) is 0 Å². The number of aliphatic hydroxyl groups excluding tert-OH is 2. The fourth-order valence-corrected chi connectivity index (χ4v) is 2.16. The number of rotatable bonds is 7. The topological polar surface area (TPSA) is 71.5 Å². The van der Waals surface area contributed by atoms with Crippen LogP contribution in [0, 0.1) is 0 Å². The van der Waals surface area contributed by atoms with E-state index in [1.54, 1.807) is 0 Å². The zero-order valence-electron chi connectivity index (χ0n) is 9.70. The zero-order valence-corrected chi connectivity index (χ0v) is 10.6. The molecule has 0 aromatic rings. The quantitative estimate of drug-likeness (QED) is 0.350. The second-order valence-corrected chi connectivity index (χ2v) is 4.91. The number of aliphatic hydroxyl groups is 2. The molecule has 2 fully saturated rings. The molecule has 0 aliphatic carbocycles. The first kappa shape index (κ1) is 13.6. The molecule has 0 saturated carbocycles. The molecule has 5 nitrogen and oxygen atoms in total. The lowest BCUT2D eigenvalue weighted by Gasteiger charge is -2.28. The number of hydrogen-bond acceptors (Lipinski definition) is 6. The Hall–Kier alpha value is 0.150. The first-order chi connectivity index (χ1) is 8.24. The smallest absolute Gasteiger partial charge is 0.190 e. The molecule has 0 amide bonds. The molecule has 100 valence electrons. The fourth-order valence-electron chi connectivity index (χ4n) is 1.93. The first-order valence-electron chi connectivity index (χ1n) is 6.13. The number of hydrogen-bond donors (Lipinski definition) is 3. The van der Waals surface area contributed by atoms with Crippen LogP contribution in [-0.2, 0) is 14.2 Å². The van der Waals surface area contributed by atoms with Crippen molar-refractivity contribution in [2.45, 2.75) is 56.6 Å². The Morgan fingerprint density at radius 2 is 1.76 bits per heavy atom. The molecule has 0 aromatic heterocycles. The van der Waals surface area contributed by atoms with Crippen LogP contribution in [0.3, 0.4) is 0 Å². The van der Waals surface area contributed by atoms with Crippen molar-refractivity contribution in [1.29, 1.82) is 0 Å². The van der Waals surface area contributed by atoms with E-state index in [0.29, 0.717) is 6.61 Å². The minimum atomic E-state index is -1.02. The minimum absolute atomic E-state index is 0.375. The van der Waals surface area contributed by atoms with Crippen molar-refractivity contribution in [2.24, 2.45) is 0 Å². The molecule has 0 spiro atoms. The van der Waals surface area contributed by atoms with Crippen LogP contribution >= 0.6 is 12.6 Å². The normalized spacial score (nSPS) is 40.1. The molecular weight excluding hydrogens is 244 g/mol. The van der Waals surface area contributed by atoms with Crippen LogP contribution in [0.2, 0.25) is 0 Å². The Morgan fingerprint density at radius 3 is 2.53 bits per heavy atom. The number of epoxide rings is 1. The molecule has 2 aliphatic heterocycles. The molecule has 3 unspecified atom stereocenters. The van der Waals surface area contributed by atoms with Gasteiger partial charge in [-0.05, 0) is 18.6 Å². The van der Waals surface area contributed by atoms with Crippen LogP contribution < -0.4 is 0 Å². The predicted octanol–water partition coefficient (Wildman–Crippen LogP) is 0.296. The van der Waals surface area contributed by atoms with E-state index in [9.17, 15) is 10.2 Å². The Labute approximate surface area is 106 Å². The summed E-state index contributed by atoms with van der Waals surface area (Å²) < 4.78 is 15.7. The van der Waals surface area contributed by atoms with Crippen LogP contribution in [0.4, 0.5) is 0 Å². The Balaban J connectivity index is 1.59. The lowest BCUT2D eigenvalue weighted by atomic mass is 10.1. The van der Waals surface area contributed by atoms with Gasteiger partial charge in [-0.3, -0.25) is 0 Å². The molecular formula is C11H20O5S. The molecule has 2 aliphatic rings. The average Bonchev–Trinajstić information content (AvgIpc) is 3.09. The Morgan fingerprint density at radius 1 is 1.00 bits per heavy atom. The highest BCUT2D eigenvalue weighted by Gasteiger charge is 2.56. The highest BCUT2D eigenvalue weighted by Crippen LogP contribution is 2.35. The van der Waals surface area contributed by atoms with Gasteiger partial charge in [-0.15, -0.1) is 0 Å². The minimum Gasteiger partial charge on any atom is -0.387 e. The molecule has 17 heavy (non-hydrogen) atoms. The third-order valence-electron chi connectivity index (χ3n) is 3.05. The second kappa shape index (κ2) is 6.36. The highest BCUT2D eigenvalue weighted by molar-refractivity contribution is 7.80. The maximum Gasteiger partial charge on any atom is 0.190 e. The summed E-state index contributed by atoms with van der Waals surface area (Å²) in [6.45, 7) is 0.526. The molecule has 2 rings (SSSR count). The van der Waals surface area contributed by atoms with E-state index in [-0.39, 0.29) is 6.10 Å². The molecule has 2 heterocycles. The van der Waals surface area contributed by atoms with Gasteiger partial charge < -0.3 is 24.4 Å². The zero-order chi connectivity index (χ0) is 12.3. The average molecular weight is 264 g/mol. The molecule has 2 N–H and O–H groups in total. The van der Waals surface area contributed by atoms with E-state index in [4.69, 9.17) is 14.2 Å². The van der Waals surface area contributed by atoms with E-state index in [0.717, 1.165) is 31.4 Å². The third kappa shape index (κ3) is 3.56. The first-order valence-corrected chi connectivity index (χ1v) is 6.77. The summed E-state index contributed by atoms with van der Waals surface area (Å²) in [6.07, 6.45) is 0.791. The molecule has 6 heteroatoms. The van der Waals surface area contributed by atoms with Gasteiger partial charge in [0.05, 0.1) is 0 Å². The number of thiol groups is 1. The molecule has 0 radical (unpaired) electrons. The summed E-state index contributed by atoms with van der Waals surface area (Å²) in [6, 6.07) is 0. The maximum atomic E-state index is 9.69. The number of fused-ring (bicyclic) bond motifs is 1. The second-order valence-electron chi connectivity index (χ2n) is 4.46. The lowest BCUT2D eigenvalue weighted by molar-refractivity contribution is -0.243. The van der Waals surface area contributed by atoms with Crippen molar-refractivity contribution >= 4 is 12.6 Å².